The van der Waals surface area contributed by atoms with Crippen LogP contribution in [0.5, 0.6) is 5.75 Å². The zero-order chi connectivity index (χ0) is 22.4. The third-order valence-electron chi connectivity index (χ3n) is 4.58. The molecule has 3 rings (SSSR count). The summed E-state index contributed by atoms with van der Waals surface area (Å²) in [6.45, 7) is 4.40. The van der Waals surface area contributed by atoms with Crippen LogP contribution in [0.3, 0.4) is 0 Å². The first kappa shape index (κ1) is 22.9. The summed E-state index contributed by atoms with van der Waals surface area (Å²) in [7, 11) is 0. The highest BCUT2D eigenvalue weighted by Gasteiger charge is 2.11. The Hall–Kier alpha value is -2.82. The maximum absolute atomic E-state index is 12.5. The summed E-state index contributed by atoms with van der Waals surface area (Å²) >= 11 is 8.28. The summed E-state index contributed by atoms with van der Waals surface area (Å²) in [4.78, 5) is 12.5. The highest BCUT2D eigenvalue weighted by atomic mass is 127. The molecular formula is C25H20ClIN2O2. The second kappa shape index (κ2) is 10.5. The van der Waals surface area contributed by atoms with Gasteiger partial charge in [-0.05, 0) is 83.5 Å². The van der Waals surface area contributed by atoms with Gasteiger partial charge in [0.15, 0.2) is 0 Å². The van der Waals surface area contributed by atoms with Crippen LogP contribution in [0.25, 0.3) is 6.08 Å². The number of amides is 1. The molecule has 0 aliphatic heterocycles. The van der Waals surface area contributed by atoms with Gasteiger partial charge in [-0.3, -0.25) is 4.79 Å². The molecule has 0 bridgehead atoms. The summed E-state index contributed by atoms with van der Waals surface area (Å²) in [6.07, 6.45) is 1.55. The van der Waals surface area contributed by atoms with Crippen LogP contribution in [0.4, 0.5) is 5.69 Å². The number of carbonyl (C=O) groups is 1. The van der Waals surface area contributed by atoms with Crippen molar-refractivity contribution in [3.8, 4) is 11.8 Å². The van der Waals surface area contributed by atoms with Gasteiger partial charge in [0.05, 0.1) is 3.57 Å². The van der Waals surface area contributed by atoms with E-state index in [1.807, 2.05) is 56.3 Å². The van der Waals surface area contributed by atoms with Gasteiger partial charge in [-0.1, -0.05) is 53.6 Å². The Labute approximate surface area is 200 Å². The van der Waals surface area contributed by atoms with E-state index >= 15 is 0 Å². The maximum atomic E-state index is 12.5. The largest absolute Gasteiger partial charge is 0.488 e. The van der Waals surface area contributed by atoms with Gasteiger partial charge in [0.25, 0.3) is 5.91 Å². The number of benzene rings is 3. The molecule has 0 heterocycles. The van der Waals surface area contributed by atoms with E-state index in [0.29, 0.717) is 17.3 Å². The van der Waals surface area contributed by atoms with E-state index in [9.17, 15) is 10.1 Å². The Morgan fingerprint density at radius 2 is 1.87 bits per heavy atom. The molecule has 3 aromatic carbocycles. The number of rotatable bonds is 6. The van der Waals surface area contributed by atoms with Crippen molar-refractivity contribution < 1.29 is 9.53 Å². The maximum Gasteiger partial charge on any atom is 0.266 e. The number of hydrogen-bond acceptors (Lipinski definition) is 3. The van der Waals surface area contributed by atoms with Crippen molar-refractivity contribution >= 4 is 51.9 Å². The summed E-state index contributed by atoms with van der Waals surface area (Å²) in [5.41, 5.74) is 4.48. The van der Waals surface area contributed by atoms with Crippen molar-refractivity contribution in [3.63, 3.8) is 0 Å². The molecule has 4 nitrogen and oxygen atoms in total. The Bertz CT molecular complexity index is 1180. The van der Waals surface area contributed by atoms with E-state index in [2.05, 4.69) is 40.0 Å². The molecule has 0 fully saturated rings. The monoisotopic (exact) mass is 542 g/mol. The Morgan fingerprint density at radius 1 is 1.13 bits per heavy atom. The molecule has 0 aliphatic rings. The van der Waals surface area contributed by atoms with Gasteiger partial charge < -0.3 is 10.1 Å². The highest BCUT2D eigenvalue weighted by Crippen LogP contribution is 2.25. The third kappa shape index (κ3) is 6.33. The number of nitriles is 1. The van der Waals surface area contributed by atoms with Crippen LogP contribution >= 0.6 is 34.2 Å². The topological polar surface area (TPSA) is 62.1 Å². The molecule has 156 valence electrons. The molecule has 0 unspecified atom stereocenters. The molecule has 0 radical (unpaired) electrons. The number of anilines is 1. The number of aryl methyl sites for hydroxylation is 2. The lowest BCUT2D eigenvalue weighted by atomic mass is 10.1. The second-order valence-corrected chi connectivity index (χ2v) is 8.62. The molecule has 3 aromatic rings. The van der Waals surface area contributed by atoms with E-state index in [-0.39, 0.29) is 5.57 Å². The molecule has 6 heteroatoms. The van der Waals surface area contributed by atoms with Crippen LogP contribution in [-0.4, -0.2) is 5.91 Å². The summed E-state index contributed by atoms with van der Waals surface area (Å²) in [5, 5.41) is 12.7. The molecular weight excluding hydrogens is 523 g/mol. The normalized spacial score (nSPS) is 11.0. The number of halogens is 2. The van der Waals surface area contributed by atoms with Crippen LogP contribution in [0.1, 0.15) is 22.3 Å². The van der Waals surface area contributed by atoms with Gasteiger partial charge in [0, 0.05) is 10.7 Å². The van der Waals surface area contributed by atoms with Gasteiger partial charge in [0.2, 0.25) is 0 Å². The van der Waals surface area contributed by atoms with Gasteiger partial charge in [-0.2, -0.15) is 5.26 Å². The summed E-state index contributed by atoms with van der Waals surface area (Å²) in [6, 6.07) is 20.9. The van der Waals surface area contributed by atoms with Crippen LogP contribution in [0, 0.1) is 28.7 Å². The van der Waals surface area contributed by atoms with Crippen LogP contribution < -0.4 is 10.1 Å². The Morgan fingerprint density at radius 3 is 2.52 bits per heavy atom. The summed E-state index contributed by atoms with van der Waals surface area (Å²) < 4.78 is 6.80. The number of carbonyl (C=O) groups excluding carboxylic acids is 1. The van der Waals surface area contributed by atoms with Gasteiger partial charge in [-0.25, -0.2) is 0 Å². The lowest BCUT2D eigenvalue weighted by Gasteiger charge is -2.10. The fourth-order valence-electron chi connectivity index (χ4n) is 2.75. The van der Waals surface area contributed by atoms with Crippen molar-refractivity contribution in [1.82, 2.24) is 0 Å². The molecule has 1 amide bonds. The number of nitrogens with zero attached hydrogens (tertiary/aromatic N) is 1. The van der Waals surface area contributed by atoms with Crippen molar-refractivity contribution in [2.75, 3.05) is 5.32 Å². The average Bonchev–Trinajstić information content (AvgIpc) is 2.75. The SMILES string of the molecule is Cc1ccc(COc2ccc(/C=C(/C#N)C(=O)Nc3ccc(C)c(Cl)c3)cc2I)cc1. The van der Waals surface area contributed by atoms with E-state index in [1.165, 1.54) is 5.56 Å². The zero-order valence-electron chi connectivity index (χ0n) is 17.1. The molecule has 0 saturated carbocycles. The van der Waals surface area contributed by atoms with Crippen molar-refractivity contribution in [3.05, 3.63) is 97.1 Å². The highest BCUT2D eigenvalue weighted by molar-refractivity contribution is 14.1. The third-order valence-corrected chi connectivity index (χ3v) is 5.83. The van der Waals surface area contributed by atoms with Crippen LogP contribution in [-0.2, 0) is 11.4 Å². The summed E-state index contributed by atoms with van der Waals surface area (Å²) in [5.74, 6) is 0.257. The molecule has 1 N–H and O–H groups in total. The minimum atomic E-state index is -0.489. The molecule has 0 aliphatic carbocycles. The second-order valence-electron chi connectivity index (χ2n) is 7.05. The van der Waals surface area contributed by atoms with Crippen molar-refractivity contribution in [2.24, 2.45) is 0 Å². The zero-order valence-corrected chi connectivity index (χ0v) is 20.0. The van der Waals surface area contributed by atoms with Gasteiger partial charge in [0.1, 0.15) is 24.0 Å². The predicted molar refractivity (Wildman–Crippen MR) is 133 cm³/mol. The molecule has 0 spiro atoms. The van der Waals surface area contributed by atoms with Crippen LogP contribution in [0.15, 0.2) is 66.2 Å². The van der Waals surface area contributed by atoms with E-state index in [1.54, 1.807) is 18.2 Å². The minimum absolute atomic E-state index is 0.000760. The fourth-order valence-corrected chi connectivity index (χ4v) is 3.63. The van der Waals surface area contributed by atoms with Gasteiger partial charge in [-0.15, -0.1) is 0 Å². The fraction of sp³-hybridized carbons (Fsp3) is 0.120. The smallest absolute Gasteiger partial charge is 0.266 e. The Balaban J connectivity index is 1.70. The first-order valence-corrected chi connectivity index (χ1v) is 11.0. The van der Waals surface area contributed by atoms with Crippen molar-refractivity contribution in [2.45, 2.75) is 20.5 Å². The van der Waals surface area contributed by atoms with E-state index in [4.69, 9.17) is 16.3 Å². The molecule has 0 aromatic heterocycles. The molecule has 0 saturated heterocycles. The lowest BCUT2D eigenvalue weighted by Crippen LogP contribution is -2.13. The first-order chi connectivity index (χ1) is 14.9. The Kier molecular flexibility index (Phi) is 7.72. The molecule has 31 heavy (non-hydrogen) atoms. The van der Waals surface area contributed by atoms with Gasteiger partial charge >= 0.3 is 0 Å². The first-order valence-electron chi connectivity index (χ1n) is 9.53. The number of ether oxygens (including phenoxy) is 1. The lowest BCUT2D eigenvalue weighted by molar-refractivity contribution is -0.112. The predicted octanol–water partition coefficient (Wildman–Crippen LogP) is 6.69. The van der Waals surface area contributed by atoms with Crippen LogP contribution in [0.2, 0.25) is 5.02 Å². The van der Waals surface area contributed by atoms with E-state index in [0.717, 1.165) is 26.0 Å². The standard InChI is InChI=1S/C25H20ClIN2O2/c1-16-3-6-18(7-4-16)15-31-24-10-8-19(12-23(24)27)11-20(14-28)25(30)29-21-9-5-17(2)22(26)13-21/h3-13H,15H2,1-2H3,(H,29,30)/b20-11-. The van der Waals surface area contributed by atoms with E-state index < -0.39 is 5.91 Å². The molecule has 0 atom stereocenters. The average molecular weight is 543 g/mol. The quantitative estimate of drug-likeness (QED) is 0.215. The number of hydrogen-bond donors (Lipinski definition) is 1. The minimum Gasteiger partial charge on any atom is -0.488 e. The van der Waals surface area contributed by atoms with Crippen molar-refractivity contribution in [1.29, 1.82) is 5.26 Å². The number of nitrogens with one attached hydrogen (secondary N) is 1.